The molecule has 1 aliphatic rings. The van der Waals surface area contributed by atoms with Crippen molar-refractivity contribution in [3.8, 4) is 5.82 Å². The van der Waals surface area contributed by atoms with E-state index in [9.17, 15) is 4.79 Å². The van der Waals surface area contributed by atoms with Gasteiger partial charge < -0.3 is 9.80 Å². The fourth-order valence-electron chi connectivity index (χ4n) is 3.47. The summed E-state index contributed by atoms with van der Waals surface area (Å²) in [6.45, 7) is 9.33. The average molecular weight is 390 g/mol. The molecule has 150 valence electrons. The Balaban J connectivity index is 1.40. The smallest absolute Gasteiger partial charge is 0.253 e. The van der Waals surface area contributed by atoms with Gasteiger partial charge in [0.2, 0.25) is 0 Å². The first-order chi connectivity index (χ1) is 13.9. The Labute approximate surface area is 171 Å². The number of anilines is 1. The van der Waals surface area contributed by atoms with Crippen LogP contribution >= 0.6 is 0 Å². The summed E-state index contributed by atoms with van der Waals surface area (Å²) in [7, 11) is 0. The second-order valence-electron chi connectivity index (χ2n) is 8.29. The molecule has 7 nitrogen and oxygen atoms in total. The lowest BCUT2D eigenvalue weighted by molar-refractivity contribution is 0.0746. The van der Waals surface area contributed by atoms with E-state index in [0.29, 0.717) is 13.1 Å². The molecule has 0 saturated carbocycles. The Bertz CT molecular complexity index is 967. The molecular weight excluding hydrogens is 364 g/mol. The van der Waals surface area contributed by atoms with Crippen molar-refractivity contribution in [2.75, 3.05) is 31.1 Å². The van der Waals surface area contributed by atoms with E-state index in [1.54, 1.807) is 17.2 Å². The maximum Gasteiger partial charge on any atom is 0.253 e. The summed E-state index contributed by atoms with van der Waals surface area (Å²) in [5.74, 6) is 1.68. The largest absolute Gasteiger partial charge is 0.353 e. The minimum atomic E-state index is 0.0831. The molecule has 0 unspecified atom stereocenters. The zero-order valence-corrected chi connectivity index (χ0v) is 17.1. The number of carbonyl (C=O) groups excluding carboxylic acids is 1. The third-order valence-electron chi connectivity index (χ3n) is 5.27. The molecule has 0 radical (unpaired) electrons. The van der Waals surface area contributed by atoms with Gasteiger partial charge in [0.05, 0.1) is 0 Å². The number of benzene rings is 1. The van der Waals surface area contributed by atoms with Gasteiger partial charge in [-0.2, -0.15) is 5.10 Å². The molecule has 3 aromatic rings. The number of piperazine rings is 1. The first kappa shape index (κ1) is 19.1. The third-order valence-corrected chi connectivity index (χ3v) is 5.27. The Kier molecular flexibility index (Phi) is 5.05. The summed E-state index contributed by atoms with van der Waals surface area (Å²) in [6, 6.07) is 11.8. The van der Waals surface area contributed by atoms with Gasteiger partial charge >= 0.3 is 0 Å². The molecule has 29 heavy (non-hydrogen) atoms. The summed E-state index contributed by atoms with van der Waals surface area (Å²) in [5.41, 5.74) is 2.06. The molecule has 0 aliphatic carbocycles. The van der Waals surface area contributed by atoms with Crippen molar-refractivity contribution in [1.82, 2.24) is 24.6 Å². The van der Waals surface area contributed by atoms with E-state index in [0.717, 1.165) is 30.3 Å². The molecule has 1 fully saturated rings. The second kappa shape index (κ2) is 7.66. The Morgan fingerprint density at radius 2 is 1.66 bits per heavy atom. The maximum atomic E-state index is 12.9. The molecular formula is C22H26N6O. The van der Waals surface area contributed by atoms with Crippen LogP contribution in [0.25, 0.3) is 5.82 Å². The van der Waals surface area contributed by atoms with Crippen molar-refractivity contribution in [1.29, 1.82) is 0 Å². The van der Waals surface area contributed by atoms with Gasteiger partial charge in [-0.3, -0.25) is 4.79 Å². The van der Waals surface area contributed by atoms with E-state index in [2.05, 4.69) is 52.9 Å². The van der Waals surface area contributed by atoms with Crippen LogP contribution in [-0.2, 0) is 5.41 Å². The van der Waals surface area contributed by atoms with Gasteiger partial charge in [0.25, 0.3) is 5.91 Å². The molecule has 0 N–H and O–H groups in total. The number of rotatable bonds is 3. The van der Waals surface area contributed by atoms with Gasteiger partial charge in [-0.1, -0.05) is 32.9 Å². The minimum absolute atomic E-state index is 0.0831. The van der Waals surface area contributed by atoms with Crippen LogP contribution in [-0.4, -0.2) is 56.7 Å². The van der Waals surface area contributed by atoms with E-state index in [1.807, 2.05) is 35.4 Å². The SMILES string of the molecule is CC(C)(C)c1ccc(C(=O)N2CCN(c3cc(-n4cccn4)ncn3)CC2)cc1. The highest BCUT2D eigenvalue weighted by Gasteiger charge is 2.24. The molecule has 4 rings (SSSR count). The third kappa shape index (κ3) is 4.13. The Morgan fingerprint density at radius 1 is 0.966 bits per heavy atom. The minimum Gasteiger partial charge on any atom is -0.353 e. The average Bonchev–Trinajstić information content (AvgIpc) is 3.28. The van der Waals surface area contributed by atoms with Crippen LogP contribution in [0, 0.1) is 0 Å². The van der Waals surface area contributed by atoms with E-state index in [4.69, 9.17) is 0 Å². The number of aromatic nitrogens is 4. The molecule has 1 aromatic carbocycles. The molecule has 7 heteroatoms. The first-order valence-electron chi connectivity index (χ1n) is 9.89. The van der Waals surface area contributed by atoms with Crippen molar-refractivity contribution in [3.63, 3.8) is 0 Å². The fraction of sp³-hybridized carbons (Fsp3) is 0.364. The fourth-order valence-corrected chi connectivity index (χ4v) is 3.47. The van der Waals surface area contributed by atoms with Crippen LogP contribution < -0.4 is 4.90 Å². The normalized spacial score (nSPS) is 14.9. The van der Waals surface area contributed by atoms with Gasteiger partial charge in [-0.15, -0.1) is 0 Å². The number of carbonyl (C=O) groups is 1. The van der Waals surface area contributed by atoms with Crippen molar-refractivity contribution in [2.45, 2.75) is 26.2 Å². The molecule has 3 heterocycles. The first-order valence-corrected chi connectivity index (χ1v) is 9.89. The standard InChI is InChI=1S/C22H26N6O/c1-22(2,3)18-7-5-17(6-8-18)21(29)27-13-11-26(12-14-27)19-15-20(24-16-23-19)28-10-4-9-25-28/h4-10,15-16H,11-14H2,1-3H3. The van der Waals surface area contributed by atoms with Crippen LogP contribution in [0.5, 0.6) is 0 Å². The predicted molar refractivity (Wildman–Crippen MR) is 112 cm³/mol. The second-order valence-corrected chi connectivity index (χ2v) is 8.29. The van der Waals surface area contributed by atoms with Crippen molar-refractivity contribution in [3.05, 3.63) is 66.2 Å². The van der Waals surface area contributed by atoms with Crippen LogP contribution in [0.1, 0.15) is 36.7 Å². The van der Waals surface area contributed by atoms with E-state index >= 15 is 0 Å². The van der Waals surface area contributed by atoms with E-state index < -0.39 is 0 Å². The quantitative estimate of drug-likeness (QED) is 0.688. The van der Waals surface area contributed by atoms with Gasteiger partial charge in [0, 0.05) is 50.2 Å². The monoisotopic (exact) mass is 390 g/mol. The molecule has 2 aromatic heterocycles. The molecule has 1 saturated heterocycles. The highest BCUT2D eigenvalue weighted by atomic mass is 16.2. The topological polar surface area (TPSA) is 67.2 Å². The van der Waals surface area contributed by atoms with Crippen LogP contribution in [0.2, 0.25) is 0 Å². The molecule has 0 bridgehead atoms. The summed E-state index contributed by atoms with van der Waals surface area (Å²) in [4.78, 5) is 25.7. The van der Waals surface area contributed by atoms with Gasteiger partial charge in [0.15, 0.2) is 5.82 Å². The maximum absolute atomic E-state index is 12.9. The van der Waals surface area contributed by atoms with Crippen LogP contribution in [0.15, 0.2) is 55.1 Å². The zero-order valence-electron chi connectivity index (χ0n) is 17.1. The van der Waals surface area contributed by atoms with Crippen LogP contribution in [0.4, 0.5) is 5.82 Å². The summed E-state index contributed by atoms with van der Waals surface area (Å²) < 4.78 is 1.71. The highest BCUT2D eigenvalue weighted by Crippen LogP contribution is 2.23. The summed E-state index contributed by atoms with van der Waals surface area (Å²) in [5, 5.41) is 4.22. The lowest BCUT2D eigenvalue weighted by Gasteiger charge is -2.35. The van der Waals surface area contributed by atoms with Gasteiger partial charge in [-0.25, -0.2) is 14.6 Å². The van der Waals surface area contributed by atoms with Crippen molar-refractivity contribution in [2.24, 2.45) is 0 Å². The Hall–Kier alpha value is -3.22. The highest BCUT2D eigenvalue weighted by molar-refractivity contribution is 5.94. The molecule has 1 amide bonds. The van der Waals surface area contributed by atoms with E-state index in [1.165, 1.54) is 5.56 Å². The number of amides is 1. The van der Waals surface area contributed by atoms with Gasteiger partial charge in [0.1, 0.15) is 12.1 Å². The molecule has 0 spiro atoms. The lowest BCUT2D eigenvalue weighted by Crippen LogP contribution is -2.49. The lowest BCUT2D eigenvalue weighted by atomic mass is 9.86. The predicted octanol–water partition coefficient (Wildman–Crippen LogP) is 2.92. The van der Waals surface area contributed by atoms with Gasteiger partial charge in [-0.05, 0) is 29.2 Å². The Morgan fingerprint density at radius 3 is 2.28 bits per heavy atom. The number of hydrogen-bond donors (Lipinski definition) is 0. The molecule has 1 aliphatic heterocycles. The zero-order chi connectivity index (χ0) is 20.4. The number of hydrogen-bond acceptors (Lipinski definition) is 5. The van der Waals surface area contributed by atoms with Crippen molar-refractivity contribution < 1.29 is 4.79 Å². The van der Waals surface area contributed by atoms with Crippen LogP contribution in [0.3, 0.4) is 0 Å². The molecule has 0 atom stereocenters. The van der Waals surface area contributed by atoms with E-state index in [-0.39, 0.29) is 11.3 Å². The summed E-state index contributed by atoms with van der Waals surface area (Å²) >= 11 is 0. The van der Waals surface area contributed by atoms with Crippen molar-refractivity contribution >= 4 is 11.7 Å². The summed E-state index contributed by atoms with van der Waals surface area (Å²) in [6.07, 6.45) is 5.13. The number of nitrogens with zero attached hydrogens (tertiary/aromatic N) is 6.